The van der Waals surface area contributed by atoms with Crippen LogP contribution in [0.25, 0.3) is 0 Å². The Bertz CT molecular complexity index is 462. The monoisotopic (exact) mass is 277 g/mol. The minimum absolute atomic E-state index is 0.00304. The highest BCUT2D eigenvalue weighted by Crippen LogP contribution is 2.45. The van der Waals surface area contributed by atoms with Crippen LogP contribution in [0.4, 0.5) is 18.9 Å². The van der Waals surface area contributed by atoms with Crippen molar-refractivity contribution in [2.24, 2.45) is 0 Å². The fourth-order valence-electron chi connectivity index (χ4n) is 1.79. The number of fused-ring (bicyclic) bond motifs is 1. The molecule has 1 atom stereocenters. The zero-order chi connectivity index (χ0) is 14.0. The van der Waals surface area contributed by atoms with Gasteiger partial charge in [0.15, 0.2) is 17.6 Å². The summed E-state index contributed by atoms with van der Waals surface area (Å²) < 4.78 is 54.3. The van der Waals surface area contributed by atoms with Crippen molar-refractivity contribution in [3.63, 3.8) is 0 Å². The van der Waals surface area contributed by atoms with Crippen LogP contribution in [0.15, 0.2) is 12.1 Å². The van der Waals surface area contributed by atoms with Gasteiger partial charge in [-0.1, -0.05) is 0 Å². The number of nitrogens with two attached hydrogens (primary N) is 1. The normalized spacial score (nSPS) is 18.4. The Morgan fingerprint density at radius 3 is 2.79 bits per heavy atom. The first kappa shape index (κ1) is 13.8. The fraction of sp³-hybridized carbons (Fsp3) is 0.500. The van der Waals surface area contributed by atoms with Crippen LogP contribution in [-0.2, 0) is 10.9 Å². The molecule has 0 aromatic heterocycles. The molecule has 0 spiro atoms. The van der Waals surface area contributed by atoms with Crippen LogP contribution in [0.3, 0.4) is 0 Å². The standard InChI is InChI=1S/C12H14F3NO3/c1-2-17-5-8-6-18-11-9(12(13,14)15)3-7(16)4-10(11)19-8/h3-4,8H,2,5-6,16H2,1H3. The number of anilines is 1. The SMILES string of the molecule is CCOCC1COc2c(cc(N)cc2C(F)(F)F)O1. The lowest BCUT2D eigenvalue weighted by Crippen LogP contribution is -2.34. The Labute approximate surface area is 108 Å². The van der Waals surface area contributed by atoms with Gasteiger partial charge in [0.05, 0.1) is 6.61 Å². The Morgan fingerprint density at radius 1 is 1.42 bits per heavy atom. The lowest BCUT2D eigenvalue weighted by Gasteiger charge is -2.28. The molecule has 0 fully saturated rings. The van der Waals surface area contributed by atoms with Crippen LogP contribution in [0.2, 0.25) is 0 Å². The van der Waals surface area contributed by atoms with E-state index in [4.69, 9.17) is 19.9 Å². The van der Waals surface area contributed by atoms with Crippen LogP contribution < -0.4 is 15.2 Å². The van der Waals surface area contributed by atoms with Gasteiger partial charge in [-0.15, -0.1) is 0 Å². The number of alkyl halides is 3. The maximum Gasteiger partial charge on any atom is 0.420 e. The maximum absolute atomic E-state index is 12.8. The first-order valence-electron chi connectivity index (χ1n) is 5.79. The molecule has 0 aliphatic carbocycles. The molecule has 2 rings (SSSR count). The van der Waals surface area contributed by atoms with Crippen molar-refractivity contribution < 1.29 is 27.4 Å². The Kier molecular flexibility index (Phi) is 3.75. The molecule has 4 nitrogen and oxygen atoms in total. The highest BCUT2D eigenvalue weighted by atomic mass is 19.4. The molecule has 19 heavy (non-hydrogen) atoms. The van der Waals surface area contributed by atoms with Gasteiger partial charge in [0.1, 0.15) is 12.2 Å². The summed E-state index contributed by atoms with van der Waals surface area (Å²) in [6, 6.07) is 2.16. The second-order valence-corrected chi connectivity index (χ2v) is 4.10. The molecule has 0 amide bonds. The summed E-state index contributed by atoms with van der Waals surface area (Å²) in [7, 11) is 0. The minimum atomic E-state index is -4.53. The second kappa shape index (κ2) is 5.16. The van der Waals surface area contributed by atoms with Gasteiger partial charge in [0.25, 0.3) is 0 Å². The molecule has 1 aliphatic rings. The highest BCUT2D eigenvalue weighted by Gasteiger charge is 2.38. The summed E-state index contributed by atoms with van der Waals surface area (Å²) in [6.07, 6.45) is -4.97. The lowest BCUT2D eigenvalue weighted by molar-refractivity contribution is -0.140. The molecule has 1 aromatic carbocycles. The van der Waals surface area contributed by atoms with E-state index in [0.717, 1.165) is 6.07 Å². The van der Waals surface area contributed by atoms with Crippen molar-refractivity contribution in [3.8, 4) is 11.5 Å². The number of halogens is 3. The number of hydrogen-bond acceptors (Lipinski definition) is 4. The van der Waals surface area contributed by atoms with Crippen molar-refractivity contribution in [2.45, 2.75) is 19.2 Å². The summed E-state index contributed by atoms with van der Waals surface area (Å²) >= 11 is 0. The molecular formula is C12H14F3NO3. The molecule has 0 saturated carbocycles. The van der Waals surface area contributed by atoms with Gasteiger partial charge in [0, 0.05) is 18.4 Å². The third-order valence-corrected chi connectivity index (χ3v) is 2.60. The van der Waals surface area contributed by atoms with Crippen LogP contribution in [0.1, 0.15) is 12.5 Å². The Hall–Kier alpha value is -1.63. The molecule has 1 aromatic rings. The van der Waals surface area contributed by atoms with E-state index >= 15 is 0 Å². The molecule has 1 heterocycles. The van der Waals surface area contributed by atoms with Gasteiger partial charge in [0.2, 0.25) is 0 Å². The smallest absolute Gasteiger partial charge is 0.420 e. The van der Waals surface area contributed by atoms with E-state index in [-0.39, 0.29) is 30.4 Å². The quantitative estimate of drug-likeness (QED) is 0.862. The molecule has 0 radical (unpaired) electrons. The number of rotatable bonds is 3. The molecule has 7 heteroatoms. The van der Waals surface area contributed by atoms with Crippen LogP contribution in [-0.4, -0.2) is 25.9 Å². The third kappa shape index (κ3) is 3.04. The van der Waals surface area contributed by atoms with Gasteiger partial charge in [-0.3, -0.25) is 0 Å². The number of ether oxygens (including phenoxy) is 3. The minimum Gasteiger partial charge on any atom is -0.485 e. The maximum atomic E-state index is 12.8. The van der Waals surface area contributed by atoms with Crippen LogP contribution in [0, 0.1) is 0 Å². The summed E-state index contributed by atoms with van der Waals surface area (Å²) in [5.74, 6) is -0.308. The largest absolute Gasteiger partial charge is 0.485 e. The Balaban J connectivity index is 2.28. The summed E-state index contributed by atoms with van der Waals surface area (Å²) in [5, 5.41) is 0. The topological polar surface area (TPSA) is 53.7 Å². The molecule has 0 bridgehead atoms. The second-order valence-electron chi connectivity index (χ2n) is 4.10. The van der Waals surface area contributed by atoms with Gasteiger partial charge in [-0.2, -0.15) is 13.2 Å². The summed E-state index contributed by atoms with van der Waals surface area (Å²) in [5.41, 5.74) is 4.52. The van der Waals surface area contributed by atoms with Crippen molar-refractivity contribution in [3.05, 3.63) is 17.7 Å². The van der Waals surface area contributed by atoms with E-state index in [1.165, 1.54) is 6.07 Å². The van der Waals surface area contributed by atoms with Gasteiger partial charge >= 0.3 is 6.18 Å². The zero-order valence-electron chi connectivity index (χ0n) is 10.3. The van der Waals surface area contributed by atoms with Gasteiger partial charge in [-0.05, 0) is 13.0 Å². The Morgan fingerprint density at radius 2 is 2.16 bits per heavy atom. The molecule has 2 N–H and O–H groups in total. The van der Waals surface area contributed by atoms with Crippen molar-refractivity contribution in [1.29, 1.82) is 0 Å². The van der Waals surface area contributed by atoms with E-state index in [0.29, 0.717) is 6.61 Å². The number of benzene rings is 1. The predicted octanol–water partition coefficient (Wildman–Crippen LogP) is 2.46. The van der Waals surface area contributed by atoms with Crippen LogP contribution >= 0.6 is 0 Å². The molecule has 0 saturated heterocycles. The summed E-state index contributed by atoms with van der Waals surface area (Å²) in [4.78, 5) is 0. The van der Waals surface area contributed by atoms with Gasteiger partial charge < -0.3 is 19.9 Å². The molecule has 1 unspecified atom stereocenters. The van der Waals surface area contributed by atoms with Crippen molar-refractivity contribution in [1.82, 2.24) is 0 Å². The van der Waals surface area contributed by atoms with Gasteiger partial charge in [-0.25, -0.2) is 0 Å². The average Bonchev–Trinajstić information content (AvgIpc) is 2.33. The van der Waals surface area contributed by atoms with E-state index in [9.17, 15) is 13.2 Å². The zero-order valence-corrected chi connectivity index (χ0v) is 10.3. The first-order chi connectivity index (χ1) is 8.91. The average molecular weight is 277 g/mol. The van der Waals surface area contributed by atoms with Crippen LogP contribution in [0.5, 0.6) is 11.5 Å². The summed E-state index contributed by atoms with van der Waals surface area (Å²) in [6.45, 7) is 2.58. The predicted molar refractivity (Wildman–Crippen MR) is 62.3 cm³/mol. The fourth-order valence-corrected chi connectivity index (χ4v) is 1.79. The first-order valence-corrected chi connectivity index (χ1v) is 5.79. The molecule has 106 valence electrons. The van der Waals surface area contributed by atoms with E-state index in [1.807, 2.05) is 6.92 Å². The molecular weight excluding hydrogens is 263 g/mol. The highest BCUT2D eigenvalue weighted by molar-refractivity contribution is 5.58. The van der Waals surface area contributed by atoms with Crippen molar-refractivity contribution in [2.75, 3.05) is 25.6 Å². The van der Waals surface area contributed by atoms with E-state index in [2.05, 4.69) is 0 Å². The number of hydrogen-bond donors (Lipinski definition) is 1. The van der Waals surface area contributed by atoms with E-state index in [1.54, 1.807) is 0 Å². The third-order valence-electron chi connectivity index (χ3n) is 2.60. The lowest BCUT2D eigenvalue weighted by atomic mass is 10.1. The molecule has 1 aliphatic heterocycles. The number of nitrogen functional groups attached to an aromatic ring is 1. The van der Waals surface area contributed by atoms with E-state index < -0.39 is 17.8 Å². The van der Waals surface area contributed by atoms with Crippen molar-refractivity contribution >= 4 is 5.69 Å².